The predicted octanol–water partition coefficient (Wildman–Crippen LogP) is 2.76. The van der Waals surface area contributed by atoms with Gasteiger partial charge in [-0.25, -0.2) is 4.68 Å². The van der Waals surface area contributed by atoms with E-state index in [9.17, 15) is 0 Å². The molecule has 0 saturated carbocycles. The van der Waals surface area contributed by atoms with E-state index in [2.05, 4.69) is 27.8 Å². The lowest BCUT2D eigenvalue weighted by molar-refractivity contribution is 0.310. The van der Waals surface area contributed by atoms with E-state index in [4.69, 9.17) is 21.1 Å². The fourth-order valence-electron chi connectivity index (χ4n) is 2.01. The van der Waals surface area contributed by atoms with Crippen molar-refractivity contribution in [2.75, 3.05) is 19.0 Å². The van der Waals surface area contributed by atoms with Crippen molar-refractivity contribution >= 4 is 17.5 Å². The summed E-state index contributed by atoms with van der Waals surface area (Å²) in [5.41, 5.74) is 0.882. The monoisotopic (exact) mass is 325 g/mol. The minimum absolute atomic E-state index is 0.492. The Labute approximate surface area is 134 Å². The highest BCUT2D eigenvalue weighted by atomic mass is 35.5. The van der Waals surface area contributed by atoms with Gasteiger partial charge in [-0.15, -0.1) is 0 Å². The molecule has 1 aromatic carbocycles. The van der Waals surface area contributed by atoms with Crippen molar-refractivity contribution in [2.45, 2.75) is 33.4 Å². The molecule has 8 heteroatoms. The Morgan fingerprint density at radius 3 is 2.77 bits per heavy atom. The van der Waals surface area contributed by atoms with Gasteiger partial charge in [0.1, 0.15) is 0 Å². The minimum Gasteiger partial charge on any atom is -0.493 e. The largest absolute Gasteiger partial charge is 0.493 e. The van der Waals surface area contributed by atoms with Crippen LogP contribution in [0.1, 0.15) is 25.8 Å². The molecule has 0 spiro atoms. The number of benzene rings is 1. The van der Waals surface area contributed by atoms with E-state index in [-0.39, 0.29) is 0 Å². The van der Waals surface area contributed by atoms with Gasteiger partial charge in [0.15, 0.2) is 11.5 Å². The van der Waals surface area contributed by atoms with Crippen molar-refractivity contribution < 1.29 is 9.47 Å². The SMILES string of the molecule is CCCn1nnnc1NCc1cc(OC)c(OCC)cc1Cl. The molecule has 120 valence electrons. The lowest BCUT2D eigenvalue weighted by Gasteiger charge is -2.13. The number of aromatic nitrogens is 4. The van der Waals surface area contributed by atoms with Gasteiger partial charge >= 0.3 is 0 Å². The zero-order valence-electron chi connectivity index (χ0n) is 13.0. The van der Waals surface area contributed by atoms with Gasteiger partial charge in [0, 0.05) is 24.2 Å². The molecule has 2 aromatic rings. The van der Waals surface area contributed by atoms with Gasteiger partial charge in [0.2, 0.25) is 5.95 Å². The average Bonchev–Trinajstić information content (AvgIpc) is 2.94. The Balaban J connectivity index is 2.13. The lowest BCUT2D eigenvalue weighted by atomic mass is 10.2. The van der Waals surface area contributed by atoms with E-state index < -0.39 is 0 Å². The van der Waals surface area contributed by atoms with Gasteiger partial charge in [-0.2, -0.15) is 0 Å². The predicted molar refractivity (Wildman–Crippen MR) is 84.6 cm³/mol. The molecule has 0 radical (unpaired) electrons. The third-order valence-electron chi connectivity index (χ3n) is 3.04. The van der Waals surface area contributed by atoms with E-state index in [1.54, 1.807) is 17.9 Å². The average molecular weight is 326 g/mol. The van der Waals surface area contributed by atoms with Crippen molar-refractivity contribution in [3.63, 3.8) is 0 Å². The van der Waals surface area contributed by atoms with E-state index in [0.717, 1.165) is 18.5 Å². The molecule has 0 aliphatic carbocycles. The van der Waals surface area contributed by atoms with Gasteiger partial charge in [0.25, 0.3) is 0 Å². The number of aryl methyl sites for hydroxylation is 1. The quantitative estimate of drug-likeness (QED) is 0.804. The number of tetrazole rings is 1. The van der Waals surface area contributed by atoms with Crippen LogP contribution in [0.2, 0.25) is 5.02 Å². The first-order valence-corrected chi connectivity index (χ1v) is 7.56. The molecule has 2 rings (SSSR count). The fourth-order valence-corrected chi connectivity index (χ4v) is 2.23. The Morgan fingerprint density at radius 2 is 2.09 bits per heavy atom. The number of hydrogen-bond acceptors (Lipinski definition) is 6. The highest BCUT2D eigenvalue weighted by molar-refractivity contribution is 6.31. The number of methoxy groups -OCH3 is 1. The van der Waals surface area contributed by atoms with E-state index in [1.807, 2.05) is 13.0 Å². The van der Waals surface area contributed by atoms with Gasteiger partial charge in [-0.05, 0) is 35.4 Å². The summed E-state index contributed by atoms with van der Waals surface area (Å²) in [5.74, 6) is 1.90. The maximum atomic E-state index is 6.30. The van der Waals surface area contributed by atoms with Crippen LogP contribution in [0.5, 0.6) is 11.5 Å². The van der Waals surface area contributed by atoms with Crippen molar-refractivity contribution in [1.29, 1.82) is 0 Å². The standard InChI is InChI=1S/C14H20ClN5O2/c1-4-6-20-14(17-18-19-20)16-9-10-7-12(21-3)13(22-5-2)8-11(10)15/h7-8H,4-6,9H2,1-3H3,(H,16,17,19). The summed E-state index contributed by atoms with van der Waals surface area (Å²) in [7, 11) is 1.60. The van der Waals surface area contributed by atoms with Crippen molar-refractivity contribution in [3.8, 4) is 11.5 Å². The van der Waals surface area contributed by atoms with E-state index >= 15 is 0 Å². The van der Waals surface area contributed by atoms with Gasteiger partial charge in [-0.1, -0.05) is 23.6 Å². The number of nitrogens with zero attached hydrogens (tertiary/aromatic N) is 4. The molecule has 1 heterocycles. The molecular formula is C14H20ClN5O2. The first kappa shape index (κ1) is 16.4. The van der Waals surface area contributed by atoms with Crippen LogP contribution in [-0.2, 0) is 13.1 Å². The fraction of sp³-hybridized carbons (Fsp3) is 0.500. The second-order valence-electron chi connectivity index (χ2n) is 4.61. The van der Waals surface area contributed by atoms with Crippen LogP contribution >= 0.6 is 11.6 Å². The van der Waals surface area contributed by atoms with Crippen LogP contribution in [0, 0.1) is 0 Å². The molecule has 0 bridgehead atoms. The van der Waals surface area contributed by atoms with E-state index in [1.165, 1.54) is 0 Å². The van der Waals surface area contributed by atoms with Crippen LogP contribution in [0.25, 0.3) is 0 Å². The van der Waals surface area contributed by atoms with Crippen LogP contribution < -0.4 is 14.8 Å². The summed E-state index contributed by atoms with van der Waals surface area (Å²) in [6, 6.07) is 3.62. The molecule has 0 aliphatic rings. The highest BCUT2D eigenvalue weighted by Crippen LogP contribution is 2.33. The molecule has 0 fully saturated rings. The summed E-state index contributed by atoms with van der Waals surface area (Å²) < 4.78 is 12.6. The summed E-state index contributed by atoms with van der Waals surface area (Å²) in [5, 5.41) is 15.3. The lowest BCUT2D eigenvalue weighted by Crippen LogP contribution is -2.09. The maximum Gasteiger partial charge on any atom is 0.243 e. The Kier molecular flexibility index (Phi) is 5.83. The van der Waals surface area contributed by atoms with Gasteiger partial charge in [0.05, 0.1) is 13.7 Å². The molecule has 22 heavy (non-hydrogen) atoms. The first-order valence-electron chi connectivity index (χ1n) is 7.18. The number of hydrogen-bond donors (Lipinski definition) is 1. The molecule has 7 nitrogen and oxygen atoms in total. The number of anilines is 1. The highest BCUT2D eigenvalue weighted by Gasteiger charge is 2.12. The molecule has 0 saturated heterocycles. The number of nitrogens with one attached hydrogen (secondary N) is 1. The molecule has 0 atom stereocenters. The number of rotatable bonds is 8. The Morgan fingerprint density at radius 1 is 1.27 bits per heavy atom. The summed E-state index contributed by atoms with van der Waals surface area (Å²) in [6.07, 6.45) is 0.956. The minimum atomic E-state index is 0.492. The third kappa shape index (κ3) is 3.79. The Bertz CT molecular complexity index is 617. The summed E-state index contributed by atoms with van der Waals surface area (Å²) in [4.78, 5) is 0. The third-order valence-corrected chi connectivity index (χ3v) is 3.39. The summed E-state index contributed by atoms with van der Waals surface area (Å²) in [6.45, 7) is 5.79. The van der Waals surface area contributed by atoms with Crippen molar-refractivity contribution in [3.05, 3.63) is 22.7 Å². The molecule has 0 aliphatic heterocycles. The van der Waals surface area contributed by atoms with Crippen LogP contribution in [-0.4, -0.2) is 33.9 Å². The van der Waals surface area contributed by atoms with Crippen molar-refractivity contribution in [1.82, 2.24) is 20.2 Å². The number of halogens is 1. The second kappa shape index (κ2) is 7.84. The first-order chi connectivity index (χ1) is 10.7. The van der Waals surface area contributed by atoms with E-state index in [0.29, 0.717) is 35.6 Å². The zero-order valence-corrected chi connectivity index (χ0v) is 13.7. The van der Waals surface area contributed by atoms with Crippen LogP contribution in [0.15, 0.2) is 12.1 Å². The smallest absolute Gasteiger partial charge is 0.243 e. The topological polar surface area (TPSA) is 74.1 Å². The molecule has 0 amide bonds. The van der Waals surface area contributed by atoms with Gasteiger partial charge in [-0.3, -0.25) is 0 Å². The molecule has 0 unspecified atom stereocenters. The molecule has 1 N–H and O–H groups in total. The van der Waals surface area contributed by atoms with Gasteiger partial charge < -0.3 is 14.8 Å². The zero-order chi connectivity index (χ0) is 15.9. The van der Waals surface area contributed by atoms with Crippen LogP contribution in [0.4, 0.5) is 5.95 Å². The normalized spacial score (nSPS) is 10.5. The Hall–Kier alpha value is -2.02. The van der Waals surface area contributed by atoms with Crippen LogP contribution in [0.3, 0.4) is 0 Å². The molecular weight excluding hydrogens is 306 g/mol. The number of ether oxygens (including phenoxy) is 2. The maximum absolute atomic E-state index is 6.30. The molecule has 1 aromatic heterocycles. The second-order valence-corrected chi connectivity index (χ2v) is 5.01. The summed E-state index contributed by atoms with van der Waals surface area (Å²) >= 11 is 6.30. The van der Waals surface area contributed by atoms with Crippen molar-refractivity contribution in [2.24, 2.45) is 0 Å².